The number of Topliss-reactive ketones (excluding diaryl/α,β-unsaturated/α-hetero) is 1. The molecule has 1 unspecified atom stereocenters. The third-order valence-electron chi connectivity index (χ3n) is 4.53. The molecule has 1 atom stereocenters. The van der Waals surface area contributed by atoms with Crippen LogP contribution in [0, 0.1) is 0 Å². The fraction of sp³-hybridized carbons (Fsp3) is 0.0952. The van der Waals surface area contributed by atoms with E-state index in [1.165, 1.54) is 11.2 Å². The Labute approximate surface area is 169 Å². The number of halogens is 1. The van der Waals surface area contributed by atoms with Gasteiger partial charge in [0, 0.05) is 16.2 Å². The van der Waals surface area contributed by atoms with Crippen LogP contribution < -0.4 is 0 Å². The normalized spacial score (nSPS) is 18.6. The van der Waals surface area contributed by atoms with Crippen molar-refractivity contribution in [2.75, 3.05) is 0 Å². The predicted octanol–water partition coefficient (Wildman–Crippen LogP) is 4.06. The van der Waals surface area contributed by atoms with Gasteiger partial charge in [-0.05, 0) is 36.4 Å². The van der Waals surface area contributed by atoms with E-state index in [0.717, 1.165) is 4.47 Å². The number of benzene rings is 1. The number of carbonyl (C=O) groups is 2. The maximum Gasteiger partial charge on any atom is 0.296 e. The van der Waals surface area contributed by atoms with Gasteiger partial charge in [0.1, 0.15) is 17.6 Å². The van der Waals surface area contributed by atoms with Crippen LogP contribution in [0.4, 0.5) is 0 Å². The Morgan fingerprint density at radius 3 is 2.54 bits per heavy atom. The second-order valence-electron chi connectivity index (χ2n) is 6.27. The smallest absolute Gasteiger partial charge is 0.296 e. The van der Waals surface area contributed by atoms with Crippen molar-refractivity contribution in [2.45, 2.75) is 12.6 Å². The van der Waals surface area contributed by atoms with Crippen molar-refractivity contribution in [3.63, 3.8) is 0 Å². The Morgan fingerprint density at radius 2 is 1.89 bits per heavy atom. The van der Waals surface area contributed by atoms with E-state index in [0.29, 0.717) is 17.0 Å². The predicted molar refractivity (Wildman–Crippen MR) is 105 cm³/mol. The lowest BCUT2D eigenvalue weighted by Gasteiger charge is -2.22. The SMILES string of the molecule is O=C1C(=O)N(Cc2ccccn2)C(c2ccco2)/C1=C(/O)c1ccc(Br)cc1. The van der Waals surface area contributed by atoms with Crippen molar-refractivity contribution in [1.82, 2.24) is 9.88 Å². The van der Waals surface area contributed by atoms with Gasteiger partial charge in [0.15, 0.2) is 0 Å². The maximum absolute atomic E-state index is 12.8. The number of aliphatic hydroxyl groups excluding tert-OH is 1. The number of carbonyl (C=O) groups excluding carboxylic acids is 2. The second-order valence-corrected chi connectivity index (χ2v) is 7.19. The molecule has 140 valence electrons. The van der Waals surface area contributed by atoms with Crippen molar-refractivity contribution in [3.8, 4) is 0 Å². The summed E-state index contributed by atoms with van der Waals surface area (Å²) in [5, 5.41) is 10.9. The number of aromatic nitrogens is 1. The highest BCUT2D eigenvalue weighted by molar-refractivity contribution is 9.10. The van der Waals surface area contributed by atoms with Gasteiger partial charge in [-0.1, -0.05) is 34.1 Å². The van der Waals surface area contributed by atoms with Gasteiger partial charge >= 0.3 is 0 Å². The first kappa shape index (κ1) is 18.2. The van der Waals surface area contributed by atoms with Crippen LogP contribution in [0.1, 0.15) is 23.1 Å². The molecule has 0 saturated carbocycles. The number of ketones is 1. The topological polar surface area (TPSA) is 83.6 Å². The number of furan rings is 1. The van der Waals surface area contributed by atoms with Crippen molar-refractivity contribution in [2.24, 2.45) is 0 Å². The molecule has 0 aliphatic carbocycles. The summed E-state index contributed by atoms with van der Waals surface area (Å²) in [5.41, 5.74) is 1.07. The first-order valence-corrected chi connectivity index (χ1v) is 9.33. The van der Waals surface area contributed by atoms with Crippen molar-refractivity contribution in [1.29, 1.82) is 0 Å². The summed E-state index contributed by atoms with van der Waals surface area (Å²) in [6.07, 6.45) is 3.09. The van der Waals surface area contributed by atoms with Gasteiger partial charge in [0.25, 0.3) is 11.7 Å². The molecular weight excluding hydrogens is 424 g/mol. The molecule has 3 heterocycles. The zero-order valence-electron chi connectivity index (χ0n) is 14.6. The first-order chi connectivity index (χ1) is 13.6. The molecular formula is C21H15BrN2O4. The maximum atomic E-state index is 12.8. The molecule has 1 saturated heterocycles. The molecule has 0 spiro atoms. The monoisotopic (exact) mass is 438 g/mol. The van der Waals surface area contributed by atoms with Crippen LogP contribution in [0.25, 0.3) is 5.76 Å². The van der Waals surface area contributed by atoms with Crippen LogP contribution in [0.2, 0.25) is 0 Å². The largest absolute Gasteiger partial charge is 0.507 e. The second kappa shape index (κ2) is 7.44. The van der Waals surface area contributed by atoms with Gasteiger partial charge in [-0.25, -0.2) is 0 Å². The van der Waals surface area contributed by atoms with Gasteiger partial charge in [-0.2, -0.15) is 0 Å². The minimum atomic E-state index is -0.833. The average Bonchev–Trinajstić information content (AvgIpc) is 3.32. The van der Waals surface area contributed by atoms with E-state index in [1.54, 1.807) is 54.7 Å². The third kappa shape index (κ3) is 3.25. The highest BCUT2D eigenvalue weighted by Gasteiger charge is 2.47. The van der Waals surface area contributed by atoms with Crippen molar-refractivity contribution >= 4 is 33.4 Å². The van der Waals surface area contributed by atoms with Gasteiger partial charge in [-0.15, -0.1) is 0 Å². The lowest BCUT2D eigenvalue weighted by atomic mass is 9.99. The van der Waals surface area contributed by atoms with E-state index in [9.17, 15) is 14.7 Å². The number of aliphatic hydroxyl groups is 1. The molecule has 1 aliphatic rings. The van der Waals surface area contributed by atoms with Gasteiger partial charge in [0.05, 0.1) is 24.1 Å². The molecule has 3 aromatic rings. The number of pyridine rings is 1. The van der Waals surface area contributed by atoms with Gasteiger partial charge in [-0.3, -0.25) is 14.6 Å². The Hall–Kier alpha value is -3.19. The Balaban J connectivity index is 1.83. The molecule has 1 amide bonds. The van der Waals surface area contributed by atoms with E-state index in [1.807, 2.05) is 6.07 Å². The number of rotatable bonds is 4. The van der Waals surface area contributed by atoms with Gasteiger partial charge in [0.2, 0.25) is 0 Å². The standard InChI is InChI=1S/C21H15BrN2O4/c22-14-8-6-13(7-9-14)19(25)17-18(16-5-3-11-28-16)24(21(27)20(17)26)12-15-4-1-2-10-23-15/h1-11,18,25H,12H2/b19-17-. The molecule has 7 heteroatoms. The lowest BCUT2D eigenvalue weighted by Crippen LogP contribution is -2.29. The minimum absolute atomic E-state index is 0.00166. The Morgan fingerprint density at radius 1 is 1.11 bits per heavy atom. The molecule has 1 aromatic carbocycles. The molecule has 2 aromatic heterocycles. The fourth-order valence-electron chi connectivity index (χ4n) is 3.22. The molecule has 6 nitrogen and oxygen atoms in total. The molecule has 1 fully saturated rings. The van der Waals surface area contributed by atoms with Crippen molar-refractivity contribution < 1.29 is 19.1 Å². The zero-order valence-corrected chi connectivity index (χ0v) is 16.2. The van der Waals surface area contributed by atoms with E-state index in [4.69, 9.17) is 4.42 Å². The van der Waals surface area contributed by atoms with E-state index in [-0.39, 0.29) is 17.9 Å². The van der Waals surface area contributed by atoms with Crippen LogP contribution in [0.5, 0.6) is 0 Å². The average molecular weight is 439 g/mol. The summed E-state index contributed by atoms with van der Waals surface area (Å²) < 4.78 is 6.33. The zero-order chi connectivity index (χ0) is 19.7. The quantitative estimate of drug-likeness (QED) is 0.377. The lowest BCUT2D eigenvalue weighted by molar-refractivity contribution is -0.140. The summed E-state index contributed by atoms with van der Waals surface area (Å²) >= 11 is 3.34. The Bertz CT molecular complexity index is 1040. The van der Waals surface area contributed by atoms with E-state index in [2.05, 4.69) is 20.9 Å². The molecule has 1 N–H and O–H groups in total. The van der Waals surface area contributed by atoms with Crippen molar-refractivity contribution in [3.05, 3.63) is 94.1 Å². The molecule has 0 bridgehead atoms. The molecule has 0 radical (unpaired) electrons. The number of hydrogen-bond donors (Lipinski definition) is 1. The number of likely N-dealkylation sites (tertiary alicyclic amines) is 1. The van der Waals surface area contributed by atoms with Gasteiger partial charge < -0.3 is 14.4 Å². The molecule has 1 aliphatic heterocycles. The summed E-state index contributed by atoms with van der Waals surface area (Å²) in [6, 6.07) is 14.7. The molecule has 28 heavy (non-hydrogen) atoms. The summed E-state index contributed by atoms with van der Waals surface area (Å²) in [4.78, 5) is 31.2. The van der Waals surface area contributed by atoms with Crippen LogP contribution in [0.15, 0.2) is 81.5 Å². The van der Waals surface area contributed by atoms with Crippen LogP contribution in [-0.2, 0) is 16.1 Å². The van der Waals surface area contributed by atoms with Crippen LogP contribution >= 0.6 is 15.9 Å². The minimum Gasteiger partial charge on any atom is -0.507 e. The summed E-state index contributed by atoms with van der Waals surface area (Å²) in [7, 11) is 0. The highest BCUT2D eigenvalue weighted by Crippen LogP contribution is 2.40. The Kier molecular flexibility index (Phi) is 4.83. The fourth-order valence-corrected chi connectivity index (χ4v) is 3.48. The summed E-state index contributed by atoms with van der Waals surface area (Å²) in [6.45, 7) is 0.119. The number of amides is 1. The van der Waals surface area contributed by atoms with E-state index >= 15 is 0 Å². The van der Waals surface area contributed by atoms with Crippen LogP contribution in [0.3, 0.4) is 0 Å². The van der Waals surface area contributed by atoms with Crippen LogP contribution in [-0.4, -0.2) is 26.7 Å². The highest BCUT2D eigenvalue weighted by atomic mass is 79.9. The summed E-state index contributed by atoms with van der Waals surface area (Å²) in [5.74, 6) is -1.30. The van der Waals surface area contributed by atoms with E-state index < -0.39 is 17.7 Å². The number of nitrogens with zero attached hydrogens (tertiary/aromatic N) is 2. The number of hydrogen-bond acceptors (Lipinski definition) is 5. The first-order valence-electron chi connectivity index (χ1n) is 8.54. The third-order valence-corrected chi connectivity index (χ3v) is 5.06. The molecule has 4 rings (SSSR count).